The molecule has 1 saturated carbocycles. The number of thioether (sulfide) groups is 1. The lowest BCUT2D eigenvalue weighted by Gasteiger charge is -2.30. The Hall–Kier alpha value is -2.25. The minimum absolute atomic E-state index is 0.0244. The van der Waals surface area contributed by atoms with Gasteiger partial charge in [0.05, 0.1) is 22.2 Å². The number of fused-ring (bicyclic) bond motifs is 1. The largest absolute Gasteiger partial charge is 0.496 e. The van der Waals surface area contributed by atoms with Gasteiger partial charge in [-0.25, -0.2) is 0 Å². The summed E-state index contributed by atoms with van der Waals surface area (Å²) < 4.78 is 6.13. The van der Waals surface area contributed by atoms with Crippen LogP contribution in [0.25, 0.3) is 6.08 Å². The molecule has 1 fully saturated rings. The number of ether oxygens (including phenoxy) is 1. The van der Waals surface area contributed by atoms with E-state index in [0.29, 0.717) is 4.91 Å². The first-order valence-corrected chi connectivity index (χ1v) is 13.1. The average molecular weight is 530 g/mol. The van der Waals surface area contributed by atoms with Crippen molar-refractivity contribution in [1.82, 2.24) is 5.32 Å². The minimum Gasteiger partial charge on any atom is -0.496 e. The Morgan fingerprint density at radius 2 is 1.88 bits per heavy atom. The number of rotatable bonds is 5. The van der Waals surface area contributed by atoms with Crippen molar-refractivity contribution < 1.29 is 14.3 Å². The smallest absolute Gasteiger partial charge is 0.265 e. The second kappa shape index (κ2) is 11.3. The lowest BCUT2D eigenvalue weighted by molar-refractivity contribution is -0.123. The summed E-state index contributed by atoms with van der Waals surface area (Å²) in [5, 5.41) is 3.19. The first-order valence-electron chi connectivity index (χ1n) is 11.5. The summed E-state index contributed by atoms with van der Waals surface area (Å²) >= 11 is 4.94. The maximum absolute atomic E-state index is 13.4. The van der Waals surface area contributed by atoms with Gasteiger partial charge >= 0.3 is 0 Å². The predicted molar refractivity (Wildman–Crippen MR) is 138 cm³/mol. The molecule has 0 aromatic heterocycles. The second-order valence-corrected chi connectivity index (χ2v) is 10.4. The van der Waals surface area contributed by atoms with E-state index in [2.05, 4.69) is 21.2 Å². The fourth-order valence-corrected chi connectivity index (χ4v) is 5.98. The quantitative estimate of drug-likeness (QED) is 0.471. The van der Waals surface area contributed by atoms with Gasteiger partial charge in [0.1, 0.15) is 12.3 Å². The molecule has 5 nitrogen and oxygen atoms in total. The van der Waals surface area contributed by atoms with Crippen molar-refractivity contribution in [2.45, 2.75) is 55.9 Å². The molecule has 1 heterocycles. The van der Waals surface area contributed by atoms with Gasteiger partial charge in [-0.2, -0.15) is 0 Å². The van der Waals surface area contributed by atoms with Crippen molar-refractivity contribution in [1.29, 1.82) is 0 Å². The zero-order chi connectivity index (χ0) is 23.2. The highest BCUT2D eigenvalue weighted by atomic mass is 79.9. The number of hydrogen-bond acceptors (Lipinski definition) is 4. The van der Waals surface area contributed by atoms with Gasteiger partial charge in [0.15, 0.2) is 0 Å². The van der Waals surface area contributed by atoms with Crippen molar-refractivity contribution >= 4 is 51.3 Å². The van der Waals surface area contributed by atoms with E-state index in [1.807, 2.05) is 48.5 Å². The molecule has 2 aromatic rings. The van der Waals surface area contributed by atoms with Gasteiger partial charge in [0, 0.05) is 10.9 Å². The molecule has 0 saturated heterocycles. The summed E-state index contributed by atoms with van der Waals surface area (Å²) in [5.41, 5.74) is 1.67. The van der Waals surface area contributed by atoms with E-state index >= 15 is 0 Å². The van der Waals surface area contributed by atoms with Gasteiger partial charge in [-0.05, 0) is 64.7 Å². The highest BCUT2D eigenvalue weighted by molar-refractivity contribution is 9.10. The fraction of sp³-hybridized carbons (Fsp3) is 0.385. The number of halogens is 1. The van der Waals surface area contributed by atoms with Gasteiger partial charge in [-0.3, -0.25) is 14.5 Å². The fourth-order valence-electron chi connectivity index (χ4n) is 4.36. The van der Waals surface area contributed by atoms with Gasteiger partial charge < -0.3 is 10.1 Å². The highest BCUT2D eigenvalue weighted by Crippen LogP contribution is 2.42. The summed E-state index contributed by atoms with van der Waals surface area (Å²) in [6.07, 6.45) is 9.96. The van der Waals surface area contributed by atoms with Crippen LogP contribution in [-0.2, 0) is 9.59 Å². The molecule has 4 rings (SSSR count). The van der Waals surface area contributed by atoms with Crippen LogP contribution in [0.1, 0.15) is 50.5 Å². The van der Waals surface area contributed by atoms with E-state index in [-0.39, 0.29) is 24.4 Å². The second-order valence-electron chi connectivity index (χ2n) is 8.47. The Morgan fingerprint density at radius 3 is 2.61 bits per heavy atom. The first-order chi connectivity index (χ1) is 16.0. The molecule has 0 bridgehead atoms. The van der Waals surface area contributed by atoms with Crippen molar-refractivity contribution in [3.8, 4) is 5.75 Å². The van der Waals surface area contributed by atoms with Crippen LogP contribution in [0.4, 0.5) is 5.69 Å². The third kappa shape index (κ3) is 6.01. The Bertz CT molecular complexity index is 1050. The lowest BCUT2D eigenvalue weighted by Crippen LogP contribution is -2.45. The standard InChI is InChI=1S/C26H29BrN2O3S/c1-32-22-14-13-18(15-20(22)27)16-24-26(31)29(21-11-7-8-12-23(21)33-24)17-25(30)28-19-9-5-3-2-4-6-10-19/h7-8,11-16,19H,2-6,9-10,17H2,1H3,(H,28,30)/b24-16+. The number of carbonyl (C=O) groups excluding carboxylic acids is 2. The van der Waals surface area contributed by atoms with Crippen molar-refractivity contribution in [2.24, 2.45) is 0 Å². The van der Waals surface area contributed by atoms with Gasteiger partial charge in [0.2, 0.25) is 5.91 Å². The molecule has 2 aliphatic rings. The van der Waals surface area contributed by atoms with Gasteiger partial charge in [-0.15, -0.1) is 0 Å². The molecular weight excluding hydrogens is 500 g/mol. The molecule has 0 unspecified atom stereocenters. The monoisotopic (exact) mass is 528 g/mol. The number of para-hydroxylation sites is 1. The number of methoxy groups -OCH3 is 1. The minimum atomic E-state index is -0.154. The molecule has 1 aliphatic carbocycles. The number of anilines is 1. The van der Waals surface area contributed by atoms with Gasteiger partial charge in [-0.1, -0.05) is 62.1 Å². The molecule has 7 heteroatoms. The third-order valence-corrected chi connectivity index (χ3v) is 7.77. The van der Waals surface area contributed by atoms with E-state index in [0.717, 1.165) is 52.1 Å². The average Bonchev–Trinajstić information content (AvgIpc) is 2.78. The Balaban J connectivity index is 1.54. The van der Waals surface area contributed by atoms with Crippen LogP contribution in [-0.4, -0.2) is 31.5 Å². The molecule has 0 spiro atoms. The van der Waals surface area contributed by atoms with E-state index in [1.54, 1.807) is 12.0 Å². The molecule has 1 aliphatic heterocycles. The topological polar surface area (TPSA) is 58.6 Å². The van der Waals surface area contributed by atoms with Crippen LogP contribution in [0.3, 0.4) is 0 Å². The van der Waals surface area contributed by atoms with Crippen LogP contribution in [0.2, 0.25) is 0 Å². The van der Waals surface area contributed by atoms with Crippen LogP contribution in [0.15, 0.2) is 56.7 Å². The van der Waals surface area contributed by atoms with Crippen LogP contribution in [0, 0.1) is 0 Å². The molecule has 0 radical (unpaired) electrons. The number of amides is 2. The summed E-state index contributed by atoms with van der Waals surface area (Å²) in [6, 6.07) is 13.7. The zero-order valence-corrected chi connectivity index (χ0v) is 21.2. The lowest BCUT2D eigenvalue weighted by atomic mass is 9.97. The number of nitrogens with zero attached hydrogens (tertiary/aromatic N) is 1. The number of nitrogens with one attached hydrogen (secondary N) is 1. The van der Waals surface area contributed by atoms with Crippen molar-refractivity contribution in [2.75, 3.05) is 18.6 Å². The Morgan fingerprint density at radius 1 is 1.15 bits per heavy atom. The van der Waals surface area contributed by atoms with E-state index in [1.165, 1.54) is 31.0 Å². The molecule has 174 valence electrons. The molecule has 2 aromatic carbocycles. The summed E-state index contributed by atoms with van der Waals surface area (Å²) in [4.78, 5) is 29.6. The predicted octanol–water partition coefficient (Wildman–Crippen LogP) is 6.17. The van der Waals surface area contributed by atoms with Crippen LogP contribution >= 0.6 is 27.7 Å². The normalized spacial score (nSPS) is 18.4. The molecular formula is C26H29BrN2O3S. The van der Waals surface area contributed by atoms with Crippen molar-refractivity contribution in [3.05, 3.63) is 57.4 Å². The SMILES string of the molecule is COc1ccc(/C=C2/Sc3ccccc3N(CC(=O)NC3CCCCCCC3)C2=O)cc1Br. The number of hydrogen-bond donors (Lipinski definition) is 1. The zero-order valence-electron chi connectivity index (χ0n) is 18.8. The van der Waals surface area contributed by atoms with E-state index in [4.69, 9.17) is 4.74 Å². The Labute approximate surface area is 208 Å². The Kier molecular flexibility index (Phi) is 8.15. The molecule has 1 N–H and O–H groups in total. The highest BCUT2D eigenvalue weighted by Gasteiger charge is 2.31. The third-order valence-electron chi connectivity index (χ3n) is 6.08. The number of benzene rings is 2. The maximum atomic E-state index is 13.4. The number of carbonyl (C=O) groups is 2. The maximum Gasteiger partial charge on any atom is 0.265 e. The summed E-state index contributed by atoms with van der Waals surface area (Å²) in [5.74, 6) is 0.484. The van der Waals surface area contributed by atoms with E-state index < -0.39 is 0 Å². The van der Waals surface area contributed by atoms with Gasteiger partial charge in [0.25, 0.3) is 5.91 Å². The molecule has 2 amide bonds. The molecule has 0 atom stereocenters. The summed E-state index contributed by atoms with van der Waals surface area (Å²) in [6.45, 7) is 0.0244. The van der Waals surface area contributed by atoms with E-state index in [9.17, 15) is 9.59 Å². The summed E-state index contributed by atoms with van der Waals surface area (Å²) in [7, 11) is 1.62. The first kappa shape index (κ1) is 23.9. The van der Waals surface area contributed by atoms with Crippen LogP contribution in [0.5, 0.6) is 5.75 Å². The molecule has 33 heavy (non-hydrogen) atoms. The van der Waals surface area contributed by atoms with Crippen molar-refractivity contribution in [3.63, 3.8) is 0 Å². The van der Waals surface area contributed by atoms with Crippen LogP contribution < -0.4 is 15.0 Å².